The molecule has 0 aromatic heterocycles. The van der Waals surface area contributed by atoms with Crippen molar-refractivity contribution in [3.05, 3.63) is 30.3 Å². The standard InChI is InChI=1S/C20H32N4O2/c1-24(18-11-6-3-7-12-18)16-15-21-19(25)13-8-14-22-20(26)23-17-9-4-2-5-10-17/h3,6-7,11-12,17H,2,4-5,8-10,13-16H2,1H3,(H,21,25)(H2,22,23,26). The van der Waals surface area contributed by atoms with Gasteiger partial charge in [0, 0.05) is 44.8 Å². The molecule has 6 nitrogen and oxygen atoms in total. The number of para-hydroxylation sites is 1. The van der Waals surface area contributed by atoms with Gasteiger partial charge in [-0.25, -0.2) is 4.79 Å². The maximum atomic E-state index is 11.9. The zero-order valence-electron chi connectivity index (χ0n) is 15.8. The maximum Gasteiger partial charge on any atom is 0.315 e. The smallest absolute Gasteiger partial charge is 0.315 e. The first kappa shape index (κ1) is 20.1. The summed E-state index contributed by atoms with van der Waals surface area (Å²) in [7, 11) is 2.01. The Morgan fingerprint density at radius 3 is 2.50 bits per heavy atom. The number of benzene rings is 1. The van der Waals surface area contributed by atoms with E-state index in [4.69, 9.17) is 0 Å². The first-order chi connectivity index (χ1) is 12.6. The van der Waals surface area contributed by atoms with Crippen LogP contribution in [0.25, 0.3) is 0 Å². The van der Waals surface area contributed by atoms with Crippen molar-refractivity contribution in [1.82, 2.24) is 16.0 Å². The zero-order valence-corrected chi connectivity index (χ0v) is 15.8. The third-order valence-corrected chi connectivity index (χ3v) is 4.77. The fourth-order valence-corrected chi connectivity index (χ4v) is 3.20. The fourth-order valence-electron chi connectivity index (χ4n) is 3.20. The van der Waals surface area contributed by atoms with Crippen LogP contribution in [0.1, 0.15) is 44.9 Å². The molecule has 1 aromatic rings. The Hall–Kier alpha value is -2.24. The van der Waals surface area contributed by atoms with E-state index in [9.17, 15) is 9.59 Å². The van der Waals surface area contributed by atoms with Crippen molar-refractivity contribution in [2.24, 2.45) is 0 Å². The SMILES string of the molecule is CN(CCNC(=O)CCCNC(=O)NC1CCCCC1)c1ccccc1. The molecule has 0 saturated heterocycles. The van der Waals surface area contributed by atoms with E-state index in [0.29, 0.717) is 32.0 Å². The molecule has 0 heterocycles. The average Bonchev–Trinajstić information content (AvgIpc) is 2.66. The van der Waals surface area contributed by atoms with Crippen LogP contribution < -0.4 is 20.9 Å². The number of amides is 3. The number of hydrogen-bond acceptors (Lipinski definition) is 3. The molecular weight excluding hydrogens is 328 g/mol. The average molecular weight is 361 g/mol. The molecule has 3 amide bonds. The van der Waals surface area contributed by atoms with E-state index in [1.165, 1.54) is 19.3 Å². The molecule has 0 bridgehead atoms. The summed E-state index contributed by atoms with van der Waals surface area (Å²) < 4.78 is 0. The normalized spacial score (nSPS) is 14.5. The number of carbonyl (C=O) groups excluding carboxylic acids is 2. The van der Waals surface area contributed by atoms with Gasteiger partial charge in [-0.05, 0) is 31.4 Å². The number of carbonyl (C=O) groups is 2. The molecule has 0 aliphatic heterocycles. The van der Waals surface area contributed by atoms with Crippen LogP contribution in [0.4, 0.5) is 10.5 Å². The minimum absolute atomic E-state index is 0.0287. The van der Waals surface area contributed by atoms with Gasteiger partial charge in [0.15, 0.2) is 0 Å². The van der Waals surface area contributed by atoms with Crippen molar-refractivity contribution in [2.75, 3.05) is 31.6 Å². The number of hydrogen-bond donors (Lipinski definition) is 3. The number of anilines is 1. The summed E-state index contributed by atoms with van der Waals surface area (Å²) in [6.07, 6.45) is 6.91. The summed E-state index contributed by atoms with van der Waals surface area (Å²) in [6.45, 7) is 1.90. The van der Waals surface area contributed by atoms with Crippen molar-refractivity contribution < 1.29 is 9.59 Å². The minimum atomic E-state index is -0.109. The Morgan fingerprint density at radius 1 is 1.04 bits per heavy atom. The second-order valence-corrected chi connectivity index (χ2v) is 6.95. The Morgan fingerprint density at radius 2 is 1.77 bits per heavy atom. The van der Waals surface area contributed by atoms with Crippen molar-refractivity contribution in [1.29, 1.82) is 0 Å². The highest BCUT2D eigenvalue weighted by Gasteiger charge is 2.15. The van der Waals surface area contributed by atoms with E-state index < -0.39 is 0 Å². The van der Waals surface area contributed by atoms with E-state index in [0.717, 1.165) is 25.1 Å². The summed E-state index contributed by atoms with van der Waals surface area (Å²) in [5.74, 6) is 0.0287. The monoisotopic (exact) mass is 360 g/mol. The molecule has 0 radical (unpaired) electrons. The molecule has 0 unspecified atom stereocenters. The van der Waals surface area contributed by atoms with Crippen LogP contribution in [0, 0.1) is 0 Å². The van der Waals surface area contributed by atoms with Crippen LogP contribution >= 0.6 is 0 Å². The highest BCUT2D eigenvalue weighted by molar-refractivity contribution is 5.76. The summed E-state index contributed by atoms with van der Waals surface area (Å²) in [4.78, 5) is 25.8. The van der Waals surface area contributed by atoms with Crippen molar-refractivity contribution in [3.8, 4) is 0 Å². The molecule has 3 N–H and O–H groups in total. The summed E-state index contributed by atoms with van der Waals surface area (Å²) in [5.41, 5.74) is 1.13. The predicted molar refractivity (Wildman–Crippen MR) is 105 cm³/mol. The lowest BCUT2D eigenvalue weighted by Gasteiger charge is -2.22. The number of nitrogens with one attached hydrogen (secondary N) is 3. The van der Waals surface area contributed by atoms with Gasteiger partial charge in [-0.3, -0.25) is 4.79 Å². The highest BCUT2D eigenvalue weighted by atomic mass is 16.2. The van der Waals surface area contributed by atoms with Crippen LogP contribution in [0.3, 0.4) is 0 Å². The Bertz CT molecular complexity index is 544. The molecule has 1 aliphatic carbocycles. The van der Waals surface area contributed by atoms with Crippen molar-refractivity contribution in [3.63, 3.8) is 0 Å². The summed E-state index contributed by atoms with van der Waals surface area (Å²) in [6, 6.07) is 10.3. The van der Waals surface area contributed by atoms with Gasteiger partial charge in [0.25, 0.3) is 0 Å². The van der Waals surface area contributed by atoms with Gasteiger partial charge >= 0.3 is 6.03 Å². The second-order valence-electron chi connectivity index (χ2n) is 6.95. The number of nitrogens with zero attached hydrogens (tertiary/aromatic N) is 1. The Labute approximate surface area is 156 Å². The van der Waals surface area contributed by atoms with Crippen LogP contribution in [0.2, 0.25) is 0 Å². The molecule has 0 spiro atoms. The lowest BCUT2D eigenvalue weighted by atomic mass is 9.96. The maximum absolute atomic E-state index is 11.9. The first-order valence-electron chi connectivity index (χ1n) is 9.72. The van der Waals surface area contributed by atoms with Crippen LogP contribution in [-0.4, -0.2) is 44.7 Å². The summed E-state index contributed by atoms with van der Waals surface area (Å²) in [5, 5.41) is 8.78. The highest BCUT2D eigenvalue weighted by Crippen LogP contribution is 2.17. The van der Waals surface area contributed by atoms with E-state index in [2.05, 4.69) is 20.9 Å². The van der Waals surface area contributed by atoms with E-state index in [1.54, 1.807) is 0 Å². The molecule has 1 saturated carbocycles. The Balaban J connectivity index is 1.49. The van der Waals surface area contributed by atoms with Gasteiger partial charge in [-0.15, -0.1) is 0 Å². The molecule has 26 heavy (non-hydrogen) atoms. The topological polar surface area (TPSA) is 73.5 Å². The molecule has 2 rings (SSSR count). The van der Waals surface area contributed by atoms with E-state index in [-0.39, 0.29) is 11.9 Å². The molecule has 0 atom stereocenters. The van der Waals surface area contributed by atoms with Gasteiger partial charge in [-0.1, -0.05) is 37.5 Å². The quantitative estimate of drug-likeness (QED) is 0.593. The minimum Gasteiger partial charge on any atom is -0.373 e. The van der Waals surface area contributed by atoms with Crippen LogP contribution in [0.5, 0.6) is 0 Å². The molecule has 1 aromatic carbocycles. The van der Waals surface area contributed by atoms with E-state index >= 15 is 0 Å². The molecule has 6 heteroatoms. The fraction of sp³-hybridized carbons (Fsp3) is 0.600. The third-order valence-electron chi connectivity index (χ3n) is 4.77. The molecular formula is C20H32N4O2. The van der Waals surface area contributed by atoms with Gasteiger partial charge in [-0.2, -0.15) is 0 Å². The molecule has 144 valence electrons. The lowest BCUT2D eigenvalue weighted by Crippen LogP contribution is -2.43. The summed E-state index contributed by atoms with van der Waals surface area (Å²) >= 11 is 0. The Kier molecular flexibility index (Phi) is 8.79. The zero-order chi connectivity index (χ0) is 18.6. The van der Waals surface area contributed by atoms with Gasteiger partial charge < -0.3 is 20.9 Å². The van der Waals surface area contributed by atoms with E-state index in [1.807, 2.05) is 37.4 Å². The number of urea groups is 1. The predicted octanol–water partition coefficient (Wildman–Crippen LogP) is 2.65. The van der Waals surface area contributed by atoms with Gasteiger partial charge in [0.1, 0.15) is 0 Å². The van der Waals surface area contributed by atoms with Gasteiger partial charge in [0.2, 0.25) is 5.91 Å². The molecule has 1 aliphatic rings. The van der Waals surface area contributed by atoms with Crippen LogP contribution in [-0.2, 0) is 4.79 Å². The lowest BCUT2D eigenvalue weighted by molar-refractivity contribution is -0.121. The third kappa shape index (κ3) is 7.76. The largest absolute Gasteiger partial charge is 0.373 e. The van der Waals surface area contributed by atoms with Crippen molar-refractivity contribution >= 4 is 17.6 Å². The van der Waals surface area contributed by atoms with Crippen LogP contribution in [0.15, 0.2) is 30.3 Å². The number of likely N-dealkylation sites (N-methyl/N-ethyl adjacent to an activating group) is 1. The van der Waals surface area contributed by atoms with Gasteiger partial charge in [0.05, 0.1) is 0 Å². The first-order valence-corrected chi connectivity index (χ1v) is 9.72. The van der Waals surface area contributed by atoms with Crippen molar-refractivity contribution in [2.45, 2.75) is 51.0 Å². The molecule has 1 fully saturated rings. The second kappa shape index (κ2) is 11.4. The number of rotatable bonds is 9.